The van der Waals surface area contributed by atoms with E-state index in [4.69, 9.17) is 4.74 Å². The van der Waals surface area contributed by atoms with E-state index in [1.807, 2.05) is 7.05 Å². The molecule has 0 atom stereocenters. The second-order valence-corrected chi connectivity index (χ2v) is 7.87. The summed E-state index contributed by atoms with van der Waals surface area (Å²) in [4.78, 5) is 6.65. The minimum Gasteiger partial charge on any atom is -0.385 e. The molecular formula is C20H42N4O. The fourth-order valence-corrected chi connectivity index (χ4v) is 3.74. The molecule has 1 rings (SSSR count). The number of hydrogen-bond donors (Lipinski definition) is 2. The van der Waals surface area contributed by atoms with Gasteiger partial charge in [0.2, 0.25) is 0 Å². The van der Waals surface area contributed by atoms with Gasteiger partial charge in [-0.25, -0.2) is 0 Å². The average molecular weight is 355 g/mol. The lowest BCUT2D eigenvalue weighted by molar-refractivity contribution is 0.138. The summed E-state index contributed by atoms with van der Waals surface area (Å²) in [6.07, 6.45) is 13.0. The number of hydrogen-bond acceptors (Lipinski definition) is 3. The maximum atomic E-state index is 5.32. The first-order valence-electron chi connectivity index (χ1n) is 10.2. The lowest BCUT2D eigenvalue weighted by Gasteiger charge is -2.30. The third kappa shape index (κ3) is 10.0. The highest BCUT2D eigenvalue weighted by atomic mass is 16.5. The number of methoxy groups -OCH3 is 1. The summed E-state index contributed by atoms with van der Waals surface area (Å²) in [6.45, 7) is 4.10. The molecule has 0 aromatic rings. The highest BCUT2D eigenvalue weighted by Crippen LogP contribution is 2.40. The molecule has 0 aromatic carbocycles. The molecule has 0 spiro atoms. The quantitative estimate of drug-likeness (QED) is 0.303. The van der Waals surface area contributed by atoms with E-state index in [-0.39, 0.29) is 0 Å². The molecule has 0 radical (unpaired) electrons. The molecular weight excluding hydrogens is 312 g/mol. The molecule has 25 heavy (non-hydrogen) atoms. The van der Waals surface area contributed by atoms with Crippen molar-refractivity contribution in [2.24, 2.45) is 10.4 Å². The summed E-state index contributed by atoms with van der Waals surface area (Å²) >= 11 is 0. The number of ether oxygens (including phenoxy) is 1. The minimum absolute atomic E-state index is 0.403. The summed E-state index contributed by atoms with van der Waals surface area (Å²) < 4.78 is 5.32. The molecule has 5 heteroatoms. The zero-order valence-corrected chi connectivity index (χ0v) is 17.2. The number of nitrogens with zero attached hydrogens (tertiary/aromatic N) is 2. The minimum atomic E-state index is 0.403. The second-order valence-electron chi connectivity index (χ2n) is 7.87. The number of unbranched alkanes of at least 4 members (excludes halogenated alkanes) is 4. The summed E-state index contributed by atoms with van der Waals surface area (Å²) in [5.74, 6) is 0.955. The Hall–Kier alpha value is -0.810. The smallest absolute Gasteiger partial charge is 0.190 e. The molecule has 0 unspecified atom stereocenters. The average Bonchev–Trinajstić information content (AvgIpc) is 3.07. The van der Waals surface area contributed by atoms with Crippen LogP contribution in [0.4, 0.5) is 0 Å². The highest BCUT2D eigenvalue weighted by Gasteiger charge is 2.33. The highest BCUT2D eigenvalue weighted by molar-refractivity contribution is 5.79. The van der Waals surface area contributed by atoms with Crippen molar-refractivity contribution in [3.8, 4) is 0 Å². The van der Waals surface area contributed by atoms with Crippen molar-refractivity contribution in [2.75, 3.05) is 54.5 Å². The van der Waals surface area contributed by atoms with E-state index in [0.717, 1.165) is 32.1 Å². The molecule has 1 saturated carbocycles. The molecule has 148 valence electrons. The molecule has 0 heterocycles. The van der Waals surface area contributed by atoms with E-state index in [1.165, 1.54) is 64.3 Å². The van der Waals surface area contributed by atoms with Crippen molar-refractivity contribution in [1.29, 1.82) is 0 Å². The maximum absolute atomic E-state index is 5.32. The fraction of sp³-hybridized carbons (Fsp3) is 0.950. The molecule has 1 fully saturated rings. The Labute approximate surface area is 156 Å². The van der Waals surface area contributed by atoms with Gasteiger partial charge in [0.05, 0.1) is 0 Å². The van der Waals surface area contributed by atoms with Crippen LogP contribution in [0, 0.1) is 5.41 Å². The Bertz CT molecular complexity index is 352. The Morgan fingerprint density at radius 1 is 1.04 bits per heavy atom. The van der Waals surface area contributed by atoms with Crippen LogP contribution in [-0.4, -0.2) is 65.4 Å². The van der Waals surface area contributed by atoms with Gasteiger partial charge < -0.3 is 20.3 Å². The molecule has 1 aliphatic rings. The lowest BCUT2D eigenvalue weighted by atomic mass is 9.83. The molecule has 0 aliphatic heterocycles. The van der Waals surface area contributed by atoms with Gasteiger partial charge in [-0.05, 0) is 58.2 Å². The Kier molecular flexibility index (Phi) is 11.9. The third-order valence-electron chi connectivity index (χ3n) is 5.43. The van der Waals surface area contributed by atoms with Crippen LogP contribution in [0.3, 0.4) is 0 Å². The van der Waals surface area contributed by atoms with E-state index in [9.17, 15) is 0 Å². The zero-order valence-electron chi connectivity index (χ0n) is 17.2. The first-order valence-corrected chi connectivity index (χ1v) is 10.2. The predicted octanol–water partition coefficient (Wildman–Crippen LogP) is 3.26. The number of rotatable bonds is 13. The van der Waals surface area contributed by atoms with Crippen molar-refractivity contribution in [2.45, 2.75) is 64.2 Å². The van der Waals surface area contributed by atoms with Crippen molar-refractivity contribution in [3.05, 3.63) is 0 Å². The van der Waals surface area contributed by atoms with Crippen molar-refractivity contribution < 1.29 is 4.74 Å². The topological polar surface area (TPSA) is 48.9 Å². The molecule has 2 N–H and O–H groups in total. The van der Waals surface area contributed by atoms with Gasteiger partial charge in [-0.3, -0.25) is 4.99 Å². The SMILES string of the molecule is CN=C(NCCCCCCCN(C)C)NCC1(CCOC)CCCC1. The summed E-state index contributed by atoms with van der Waals surface area (Å²) in [5, 5.41) is 7.04. The Morgan fingerprint density at radius 2 is 1.72 bits per heavy atom. The lowest BCUT2D eigenvalue weighted by Crippen LogP contribution is -2.43. The van der Waals surface area contributed by atoms with Gasteiger partial charge in [-0.1, -0.05) is 32.1 Å². The standard InChI is InChI=1S/C20H42N4O/c1-21-19(22-15-10-6-5-7-11-16-24(2)3)23-18-20(14-17-25-4)12-8-9-13-20/h5-18H2,1-4H3,(H2,21,22,23). The Balaban J connectivity index is 2.13. The normalized spacial score (nSPS) is 17.2. The van der Waals surface area contributed by atoms with Crippen LogP contribution in [-0.2, 0) is 4.74 Å². The van der Waals surface area contributed by atoms with E-state index >= 15 is 0 Å². The van der Waals surface area contributed by atoms with Crippen LogP contribution in [0.25, 0.3) is 0 Å². The van der Waals surface area contributed by atoms with Gasteiger partial charge >= 0.3 is 0 Å². The predicted molar refractivity (Wildman–Crippen MR) is 108 cm³/mol. The van der Waals surface area contributed by atoms with Gasteiger partial charge in [0.15, 0.2) is 5.96 Å². The maximum Gasteiger partial charge on any atom is 0.190 e. The van der Waals surface area contributed by atoms with Gasteiger partial charge in [-0.15, -0.1) is 0 Å². The number of nitrogens with one attached hydrogen (secondary N) is 2. The molecule has 5 nitrogen and oxygen atoms in total. The largest absolute Gasteiger partial charge is 0.385 e. The third-order valence-corrected chi connectivity index (χ3v) is 5.43. The monoisotopic (exact) mass is 354 g/mol. The molecule has 0 aromatic heterocycles. The van der Waals surface area contributed by atoms with E-state index in [2.05, 4.69) is 34.6 Å². The molecule has 0 amide bonds. The summed E-state index contributed by atoms with van der Waals surface area (Å²) in [7, 11) is 7.96. The summed E-state index contributed by atoms with van der Waals surface area (Å²) in [5.41, 5.74) is 0.403. The van der Waals surface area contributed by atoms with Crippen LogP contribution in [0.15, 0.2) is 4.99 Å². The number of aliphatic imine (C=N–C) groups is 1. The zero-order chi connectivity index (χ0) is 18.4. The van der Waals surface area contributed by atoms with Crippen molar-refractivity contribution in [1.82, 2.24) is 15.5 Å². The molecule has 0 saturated heterocycles. The molecule has 0 bridgehead atoms. The number of guanidine groups is 1. The summed E-state index contributed by atoms with van der Waals surface area (Å²) in [6, 6.07) is 0. The van der Waals surface area contributed by atoms with Crippen LogP contribution in [0.2, 0.25) is 0 Å². The van der Waals surface area contributed by atoms with Crippen molar-refractivity contribution in [3.63, 3.8) is 0 Å². The van der Waals surface area contributed by atoms with Crippen LogP contribution in [0.5, 0.6) is 0 Å². The first-order chi connectivity index (χ1) is 12.1. The van der Waals surface area contributed by atoms with Gasteiger partial charge in [0.25, 0.3) is 0 Å². The Morgan fingerprint density at radius 3 is 2.36 bits per heavy atom. The van der Waals surface area contributed by atoms with E-state index in [1.54, 1.807) is 7.11 Å². The van der Waals surface area contributed by atoms with Crippen LogP contribution in [0.1, 0.15) is 64.2 Å². The van der Waals surface area contributed by atoms with Crippen LogP contribution >= 0.6 is 0 Å². The second kappa shape index (κ2) is 13.4. The van der Waals surface area contributed by atoms with Gasteiger partial charge in [-0.2, -0.15) is 0 Å². The van der Waals surface area contributed by atoms with E-state index < -0.39 is 0 Å². The fourth-order valence-electron chi connectivity index (χ4n) is 3.74. The van der Waals surface area contributed by atoms with E-state index in [0.29, 0.717) is 5.41 Å². The van der Waals surface area contributed by atoms with Gasteiger partial charge in [0, 0.05) is 33.9 Å². The molecule has 1 aliphatic carbocycles. The van der Waals surface area contributed by atoms with Gasteiger partial charge in [0.1, 0.15) is 0 Å². The van der Waals surface area contributed by atoms with Crippen molar-refractivity contribution >= 4 is 5.96 Å². The van der Waals surface area contributed by atoms with Crippen LogP contribution < -0.4 is 10.6 Å². The first kappa shape index (κ1) is 22.2.